The van der Waals surface area contributed by atoms with Gasteiger partial charge in [0, 0.05) is 18.7 Å². The Bertz CT molecular complexity index is 382. The number of aromatic nitrogens is 2. The van der Waals surface area contributed by atoms with Crippen molar-refractivity contribution < 1.29 is 4.79 Å². The van der Waals surface area contributed by atoms with E-state index >= 15 is 0 Å². The summed E-state index contributed by atoms with van der Waals surface area (Å²) in [5, 5.41) is 3.10. The van der Waals surface area contributed by atoms with Crippen LogP contribution in [0.2, 0.25) is 0 Å². The zero-order chi connectivity index (χ0) is 12.8. The zero-order valence-electron chi connectivity index (χ0n) is 10.8. The number of imidazole rings is 1. The predicted molar refractivity (Wildman–Crippen MR) is 70.0 cm³/mol. The van der Waals surface area contributed by atoms with Crippen LogP contribution in [0.25, 0.3) is 0 Å². The van der Waals surface area contributed by atoms with Gasteiger partial charge in [0.05, 0.1) is 12.0 Å². The van der Waals surface area contributed by atoms with Crippen LogP contribution in [-0.4, -0.2) is 28.0 Å². The normalized spacial score (nSPS) is 16.7. The van der Waals surface area contributed by atoms with Crippen molar-refractivity contribution in [3.05, 3.63) is 18.2 Å². The molecule has 5 nitrogen and oxygen atoms in total. The van der Waals surface area contributed by atoms with Gasteiger partial charge >= 0.3 is 0 Å². The second kappa shape index (κ2) is 6.54. The summed E-state index contributed by atoms with van der Waals surface area (Å²) < 4.78 is 1.82. The fraction of sp³-hybridized carbons (Fsp3) is 0.692. The summed E-state index contributed by atoms with van der Waals surface area (Å²) in [6.45, 7) is 0.944. The first-order valence-corrected chi connectivity index (χ1v) is 6.78. The van der Waals surface area contributed by atoms with Crippen LogP contribution in [0.1, 0.15) is 37.8 Å². The van der Waals surface area contributed by atoms with E-state index in [-0.39, 0.29) is 5.91 Å². The molecule has 1 amide bonds. The molecule has 0 unspecified atom stereocenters. The Kier molecular flexibility index (Phi) is 4.75. The maximum atomic E-state index is 11.9. The molecular formula is C13H22N4O. The van der Waals surface area contributed by atoms with E-state index in [9.17, 15) is 4.79 Å². The summed E-state index contributed by atoms with van der Waals surface area (Å²) in [6.07, 6.45) is 10.4. The lowest BCUT2D eigenvalue weighted by atomic mass is 9.95. The second-order valence-electron chi connectivity index (χ2n) is 4.98. The van der Waals surface area contributed by atoms with Gasteiger partial charge in [-0.2, -0.15) is 0 Å². The Hall–Kier alpha value is -1.36. The standard InChI is InChI=1S/C13H22N4O/c14-7-6-12-8-17(10-15-12)9-13(18)16-11-4-2-1-3-5-11/h8,10-11H,1-7,9,14H2,(H,16,18). The van der Waals surface area contributed by atoms with E-state index < -0.39 is 0 Å². The number of nitrogens with zero attached hydrogens (tertiary/aromatic N) is 2. The van der Waals surface area contributed by atoms with Gasteiger partial charge < -0.3 is 15.6 Å². The highest BCUT2D eigenvalue weighted by atomic mass is 16.2. The van der Waals surface area contributed by atoms with Crippen molar-refractivity contribution in [2.75, 3.05) is 6.54 Å². The predicted octanol–water partition coefficient (Wildman–Crippen LogP) is 0.833. The number of hydrogen-bond acceptors (Lipinski definition) is 3. The largest absolute Gasteiger partial charge is 0.352 e. The molecule has 1 fully saturated rings. The molecular weight excluding hydrogens is 228 g/mol. The van der Waals surface area contributed by atoms with E-state index in [0.29, 0.717) is 19.1 Å². The first-order valence-electron chi connectivity index (χ1n) is 6.78. The average molecular weight is 250 g/mol. The molecule has 0 radical (unpaired) electrons. The minimum atomic E-state index is 0.0820. The third-order valence-electron chi connectivity index (χ3n) is 3.38. The van der Waals surface area contributed by atoms with Crippen molar-refractivity contribution in [1.82, 2.24) is 14.9 Å². The van der Waals surface area contributed by atoms with E-state index in [0.717, 1.165) is 25.0 Å². The topological polar surface area (TPSA) is 72.9 Å². The number of carbonyl (C=O) groups is 1. The lowest BCUT2D eigenvalue weighted by Gasteiger charge is -2.22. The number of amides is 1. The van der Waals surface area contributed by atoms with Gasteiger partial charge in [-0.05, 0) is 19.4 Å². The van der Waals surface area contributed by atoms with Gasteiger partial charge in [0.25, 0.3) is 0 Å². The Labute approximate surface area is 108 Å². The highest BCUT2D eigenvalue weighted by Crippen LogP contribution is 2.17. The maximum absolute atomic E-state index is 11.9. The van der Waals surface area contributed by atoms with Crippen molar-refractivity contribution in [3.63, 3.8) is 0 Å². The smallest absolute Gasteiger partial charge is 0.240 e. The minimum Gasteiger partial charge on any atom is -0.352 e. The molecule has 0 spiro atoms. The lowest BCUT2D eigenvalue weighted by molar-refractivity contribution is -0.122. The molecule has 0 saturated heterocycles. The lowest BCUT2D eigenvalue weighted by Crippen LogP contribution is -2.38. The first kappa shape index (κ1) is 13.1. The molecule has 2 rings (SSSR count). The van der Waals surface area contributed by atoms with Gasteiger partial charge in [0.15, 0.2) is 0 Å². The average Bonchev–Trinajstić information content (AvgIpc) is 2.78. The van der Waals surface area contributed by atoms with Crippen molar-refractivity contribution in [3.8, 4) is 0 Å². The third kappa shape index (κ3) is 3.84. The van der Waals surface area contributed by atoms with Gasteiger partial charge in [-0.3, -0.25) is 4.79 Å². The molecule has 1 aliphatic carbocycles. The van der Waals surface area contributed by atoms with Crippen LogP contribution in [0.15, 0.2) is 12.5 Å². The molecule has 1 aromatic rings. The Morgan fingerprint density at radius 3 is 2.94 bits per heavy atom. The zero-order valence-corrected chi connectivity index (χ0v) is 10.8. The van der Waals surface area contributed by atoms with Crippen molar-refractivity contribution in [2.24, 2.45) is 5.73 Å². The molecule has 1 aromatic heterocycles. The van der Waals surface area contributed by atoms with Crippen LogP contribution in [0.4, 0.5) is 0 Å². The van der Waals surface area contributed by atoms with E-state index in [1.54, 1.807) is 6.33 Å². The quantitative estimate of drug-likeness (QED) is 0.813. The monoisotopic (exact) mass is 250 g/mol. The molecule has 1 heterocycles. The molecule has 3 N–H and O–H groups in total. The van der Waals surface area contributed by atoms with Crippen LogP contribution in [0.5, 0.6) is 0 Å². The number of rotatable bonds is 5. The summed E-state index contributed by atoms with van der Waals surface area (Å²) >= 11 is 0. The molecule has 0 bridgehead atoms. The van der Waals surface area contributed by atoms with Gasteiger partial charge in [-0.25, -0.2) is 4.98 Å². The van der Waals surface area contributed by atoms with Gasteiger partial charge in [0.2, 0.25) is 5.91 Å². The van der Waals surface area contributed by atoms with Crippen molar-refractivity contribution in [1.29, 1.82) is 0 Å². The van der Waals surface area contributed by atoms with Crippen LogP contribution < -0.4 is 11.1 Å². The van der Waals surface area contributed by atoms with E-state index in [2.05, 4.69) is 10.3 Å². The third-order valence-corrected chi connectivity index (χ3v) is 3.38. The number of hydrogen-bond donors (Lipinski definition) is 2. The molecule has 5 heteroatoms. The highest BCUT2D eigenvalue weighted by molar-refractivity contribution is 5.76. The number of carbonyl (C=O) groups excluding carboxylic acids is 1. The van der Waals surface area contributed by atoms with Crippen LogP contribution in [0.3, 0.4) is 0 Å². The fourth-order valence-electron chi connectivity index (χ4n) is 2.46. The molecule has 0 aliphatic heterocycles. The molecule has 100 valence electrons. The SMILES string of the molecule is NCCc1cn(CC(=O)NC2CCCCC2)cn1. The van der Waals surface area contributed by atoms with Crippen molar-refractivity contribution >= 4 is 5.91 Å². The van der Waals surface area contributed by atoms with E-state index in [4.69, 9.17) is 5.73 Å². The summed E-state index contributed by atoms with van der Waals surface area (Å²) in [7, 11) is 0. The number of nitrogens with one attached hydrogen (secondary N) is 1. The molecule has 1 saturated carbocycles. The Morgan fingerprint density at radius 2 is 2.22 bits per heavy atom. The van der Waals surface area contributed by atoms with Gasteiger partial charge in [-0.15, -0.1) is 0 Å². The van der Waals surface area contributed by atoms with E-state index in [1.807, 2.05) is 10.8 Å². The van der Waals surface area contributed by atoms with Gasteiger partial charge in [0.1, 0.15) is 6.54 Å². The number of nitrogens with two attached hydrogens (primary N) is 1. The Morgan fingerprint density at radius 1 is 1.44 bits per heavy atom. The molecule has 0 aromatic carbocycles. The van der Waals surface area contributed by atoms with E-state index in [1.165, 1.54) is 19.3 Å². The summed E-state index contributed by atoms with van der Waals surface area (Å²) in [5.74, 6) is 0.0820. The first-order chi connectivity index (χ1) is 8.78. The molecule has 0 atom stereocenters. The van der Waals surface area contributed by atoms with Crippen LogP contribution in [0, 0.1) is 0 Å². The molecule has 1 aliphatic rings. The minimum absolute atomic E-state index is 0.0820. The Balaban J connectivity index is 1.78. The molecule has 18 heavy (non-hydrogen) atoms. The van der Waals surface area contributed by atoms with Crippen LogP contribution >= 0.6 is 0 Å². The maximum Gasteiger partial charge on any atom is 0.240 e. The second-order valence-corrected chi connectivity index (χ2v) is 4.98. The van der Waals surface area contributed by atoms with Crippen molar-refractivity contribution in [2.45, 2.75) is 51.1 Å². The summed E-state index contributed by atoms with van der Waals surface area (Å²) in [5.41, 5.74) is 6.41. The summed E-state index contributed by atoms with van der Waals surface area (Å²) in [6, 6.07) is 0.373. The summed E-state index contributed by atoms with van der Waals surface area (Å²) in [4.78, 5) is 16.1. The highest BCUT2D eigenvalue weighted by Gasteiger charge is 2.15. The van der Waals surface area contributed by atoms with Crippen LogP contribution in [-0.2, 0) is 17.8 Å². The fourth-order valence-corrected chi connectivity index (χ4v) is 2.46. The van der Waals surface area contributed by atoms with Gasteiger partial charge in [-0.1, -0.05) is 19.3 Å².